The number of halogens is 1. The van der Waals surface area contributed by atoms with E-state index in [2.05, 4.69) is 9.36 Å². The van der Waals surface area contributed by atoms with Crippen LogP contribution in [0.15, 0.2) is 22.5 Å². The van der Waals surface area contributed by atoms with E-state index in [-0.39, 0.29) is 22.8 Å². The molecular formula is C11H9FN2O2S2. The molecule has 2 aromatic rings. The number of aryl methyl sites for hydroxylation is 1. The van der Waals surface area contributed by atoms with Gasteiger partial charge in [-0.05, 0) is 36.7 Å². The number of hydrogen-bond donors (Lipinski definition) is 1. The highest BCUT2D eigenvalue weighted by molar-refractivity contribution is 8.01. The number of nitrogens with zero attached hydrogens (tertiary/aromatic N) is 2. The molecule has 0 unspecified atom stereocenters. The highest BCUT2D eigenvalue weighted by Crippen LogP contribution is 2.24. The van der Waals surface area contributed by atoms with Crippen LogP contribution in [0.1, 0.15) is 16.2 Å². The minimum Gasteiger partial charge on any atom is -0.507 e. The van der Waals surface area contributed by atoms with Gasteiger partial charge in [-0.1, -0.05) is 11.8 Å². The van der Waals surface area contributed by atoms with E-state index >= 15 is 0 Å². The summed E-state index contributed by atoms with van der Waals surface area (Å²) in [4.78, 5) is 15.9. The molecule has 94 valence electrons. The number of aromatic nitrogens is 2. The lowest BCUT2D eigenvalue weighted by Crippen LogP contribution is -2.03. The fraction of sp³-hybridized carbons (Fsp3) is 0.182. The zero-order valence-electron chi connectivity index (χ0n) is 9.38. The molecule has 0 aliphatic rings. The Kier molecular flexibility index (Phi) is 3.93. The van der Waals surface area contributed by atoms with Gasteiger partial charge in [0.25, 0.3) is 0 Å². The predicted octanol–water partition coefficient (Wildman–Crippen LogP) is 2.67. The number of hydrogen-bond acceptors (Lipinski definition) is 6. The fourth-order valence-corrected chi connectivity index (χ4v) is 2.80. The predicted molar refractivity (Wildman–Crippen MR) is 67.8 cm³/mol. The minimum atomic E-state index is -0.548. The van der Waals surface area contributed by atoms with Crippen molar-refractivity contribution in [2.24, 2.45) is 0 Å². The van der Waals surface area contributed by atoms with Crippen LogP contribution < -0.4 is 0 Å². The number of phenols is 1. The van der Waals surface area contributed by atoms with Gasteiger partial charge < -0.3 is 5.11 Å². The van der Waals surface area contributed by atoms with Gasteiger partial charge in [-0.25, -0.2) is 9.37 Å². The summed E-state index contributed by atoms with van der Waals surface area (Å²) < 4.78 is 17.6. The first kappa shape index (κ1) is 13.0. The van der Waals surface area contributed by atoms with Crippen LogP contribution in [0, 0.1) is 12.7 Å². The van der Waals surface area contributed by atoms with Crippen molar-refractivity contribution < 1.29 is 14.3 Å². The van der Waals surface area contributed by atoms with Crippen molar-refractivity contribution >= 4 is 29.1 Å². The lowest BCUT2D eigenvalue weighted by molar-refractivity contribution is 0.101. The largest absolute Gasteiger partial charge is 0.507 e. The van der Waals surface area contributed by atoms with Gasteiger partial charge in [0.15, 0.2) is 10.1 Å². The number of aromatic hydroxyl groups is 1. The molecule has 0 amide bonds. The molecule has 2 rings (SSSR count). The Morgan fingerprint density at radius 2 is 2.33 bits per heavy atom. The second-order valence-corrected chi connectivity index (χ2v) is 5.46. The maximum absolute atomic E-state index is 13.0. The number of benzene rings is 1. The monoisotopic (exact) mass is 284 g/mol. The van der Waals surface area contributed by atoms with Crippen molar-refractivity contribution in [1.82, 2.24) is 9.36 Å². The first-order valence-corrected chi connectivity index (χ1v) is 6.77. The SMILES string of the molecule is Cc1nsc(SCC(=O)c2cc(F)ccc2O)n1. The van der Waals surface area contributed by atoms with Gasteiger partial charge >= 0.3 is 0 Å². The lowest BCUT2D eigenvalue weighted by atomic mass is 10.1. The molecule has 0 aliphatic heterocycles. The number of rotatable bonds is 4. The molecule has 0 spiro atoms. The van der Waals surface area contributed by atoms with Gasteiger partial charge in [-0.2, -0.15) is 4.37 Å². The normalized spacial score (nSPS) is 10.6. The van der Waals surface area contributed by atoms with Gasteiger partial charge in [-0.3, -0.25) is 4.79 Å². The van der Waals surface area contributed by atoms with Crippen molar-refractivity contribution in [3.63, 3.8) is 0 Å². The number of carbonyl (C=O) groups is 1. The minimum absolute atomic E-state index is 0.0104. The van der Waals surface area contributed by atoms with E-state index in [9.17, 15) is 14.3 Å². The first-order chi connectivity index (χ1) is 8.56. The van der Waals surface area contributed by atoms with Crippen molar-refractivity contribution in [3.8, 4) is 5.75 Å². The fourth-order valence-electron chi connectivity index (χ4n) is 1.27. The van der Waals surface area contributed by atoms with Crippen LogP contribution in [0.5, 0.6) is 5.75 Å². The molecule has 0 atom stereocenters. The zero-order valence-corrected chi connectivity index (χ0v) is 11.0. The Bertz CT molecular complexity index is 586. The molecule has 4 nitrogen and oxygen atoms in total. The summed E-state index contributed by atoms with van der Waals surface area (Å²) in [6.07, 6.45) is 0. The molecule has 0 fully saturated rings. The van der Waals surface area contributed by atoms with Crippen LogP contribution in [-0.4, -0.2) is 26.0 Å². The maximum atomic E-state index is 13.0. The third-order valence-electron chi connectivity index (χ3n) is 2.09. The standard InChI is InChI=1S/C11H9FN2O2S2/c1-6-13-11(18-14-6)17-5-10(16)8-4-7(12)2-3-9(8)15/h2-4,15H,5H2,1H3. The summed E-state index contributed by atoms with van der Waals surface area (Å²) in [5.74, 6) is -0.359. The molecule has 1 aromatic heterocycles. The van der Waals surface area contributed by atoms with Crippen LogP contribution in [-0.2, 0) is 0 Å². The number of ketones is 1. The molecule has 0 radical (unpaired) electrons. The van der Waals surface area contributed by atoms with Crippen LogP contribution in [0.4, 0.5) is 4.39 Å². The van der Waals surface area contributed by atoms with Gasteiger partial charge in [0.2, 0.25) is 0 Å². The molecule has 1 aromatic carbocycles. The first-order valence-electron chi connectivity index (χ1n) is 5.01. The molecule has 0 saturated carbocycles. The summed E-state index contributed by atoms with van der Waals surface area (Å²) >= 11 is 2.43. The summed E-state index contributed by atoms with van der Waals surface area (Å²) in [6, 6.07) is 3.30. The van der Waals surface area contributed by atoms with Gasteiger partial charge in [0.1, 0.15) is 17.4 Å². The van der Waals surface area contributed by atoms with Crippen molar-refractivity contribution in [1.29, 1.82) is 0 Å². The summed E-state index contributed by atoms with van der Waals surface area (Å²) in [5, 5.41) is 9.48. The summed E-state index contributed by atoms with van der Waals surface area (Å²) in [6.45, 7) is 1.76. The Balaban J connectivity index is 2.05. The topological polar surface area (TPSA) is 63.1 Å². The molecule has 0 aliphatic carbocycles. The number of Topliss-reactive ketones (excluding diaryl/α,β-unsaturated/α-hetero) is 1. The van der Waals surface area contributed by atoms with Crippen molar-refractivity contribution in [3.05, 3.63) is 35.4 Å². The average molecular weight is 284 g/mol. The van der Waals surface area contributed by atoms with E-state index in [4.69, 9.17) is 0 Å². The average Bonchev–Trinajstić information content (AvgIpc) is 2.75. The van der Waals surface area contributed by atoms with Crippen LogP contribution >= 0.6 is 23.3 Å². The third kappa shape index (κ3) is 3.05. The number of thioether (sulfide) groups is 1. The Labute approximate surface area is 111 Å². The van der Waals surface area contributed by atoms with E-state index < -0.39 is 5.82 Å². The van der Waals surface area contributed by atoms with Crippen LogP contribution in [0.25, 0.3) is 0 Å². The highest BCUT2D eigenvalue weighted by atomic mass is 32.2. The van der Waals surface area contributed by atoms with E-state index in [0.717, 1.165) is 12.1 Å². The van der Waals surface area contributed by atoms with E-state index in [1.807, 2.05) is 0 Å². The smallest absolute Gasteiger partial charge is 0.176 e. The van der Waals surface area contributed by atoms with E-state index in [1.165, 1.54) is 29.4 Å². The van der Waals surface area contributed by atoms with Gasteiger partial charge in [0.05, 0.1) is 11.3 Å². The number of phenolic OH excluding ortho intramolecular Hbond substituents is 1. The molecule has 0 saturated heterocycles. The Morgan fingerprint density at radius 1 is 1.56 bits per heavy atom. The van der Waals surface area contributed by atoms with Crippen molar-refractivity contribution in [2.75, 3.05) is 5.75 Å². The molecule has 1 N–H and O–H groups in total. The van der Waals surface area contributed by atoms with Gasteiger partial charge in [0, 0.05) is 0 Å². The Hall–Kier alpha value is -1.47. The van der Waals surface area contributed by atoms with Gasteiger partial charge in [-0.15, -0.1) is 0 Å². The zero-order chi connectivity index (χ0) is 13.1. The molecule has 18 heavy (non-hydrogen) atoms. The van der Waals surface area contributed by atoms with E-state index in [0.29, 0.717) is 10.2 Å². The third-order valence-corrected chi connectivity index (χ3v) is 4.02. The number of carbonyl (C=O) groups excluding carboxylic acids is 1. The Morgan fingerprint density at radius 3 is 3.00 bits per heavy atom. The van der Waals surface area contributed by atoms with E-state index in [1.54, 1.807) is 6.92 Å². The molecule has 1 heterocycles. The molecule has 0 bridgehead atoms. The van der Waals surface area contributed by atoms with Crippen LogP contribution in [0.2, 0.25) is 0 Å². The van der Waals surface area contributed by atoms with Crippen LogP contribution in [0.3, 0.4) is 0 Å². The lowest BCUT2D eigenvalue weighted by Gasteiger charge is -2.02. The quantitative estimate of drug-likeness (QED) is 0.691. The maximum Gasteiger partial charge on any atom is 0.176 e. The van der Waals surface area contributed by atoms with Crippen molar-refractivity contribution in [2.45, 2.75) is 11.3 Å². The summed E-state index contributed by atoms with van der Waals surface area (Å²) in [5.41, 5.74) is -0.0104. The summed E-state index contributed by atoms with van der Waals surface area (Å²) in [7, 11) is 0. The second-order valence-electron chi connectivity index (χ2n) is 3.48. The molecular weight excluding hydrogens is 275 g/mol. The molecule has 7 heteroatoms. The highest BCUT2D eigenvalue weighted by Gasteiger charge is 2.13. The second kappa shape index (κ2) is 5.45.